The van der Waals surface area contributed by atoms with E-state index in [1.165, 1.54) is 0 Å². The number of hydrogen-bond acceptors (Lipinski definition) is 4. The van der Waals surface area contributed by atoms with Crippen molar-refractivity contribution in [1.82, 2.24) is 9.88 Å². The first-order chi connectivity index (χ1) is 9.58. The van der Waals surface area contributed by atoms with E-state index >= 15 is 0 Å². The van der Waals surface area contributed by atoms with Gasteiger partial charge in [-0.25, -0.2) is 0 Å². The minimum Gasteiger partial charge on any atom is -0.481 e. The second kappa shape index (κ2) is 6.47. The molecule has 1 aromatic rings. The van der Waals surface area contributed by atoms with E-state index in [2.05, 4.69) is 4.98 Å². The van der Waals surface area contributed by atoms with Crippen LogP contribution in [0, 0.1) is 0 Å². The third kappa shape index (κ3) is 4.03. The van der Waals surface area contributed by atoms with Gasteiger partial charge in [0.1, 0.15) is 0 Å². The van der Waals surface area contributed by atoms with Crippen LogP contribution in [-0.4, -0.2) is 39.0 Å². The van der Waals surface area contributed by atoms with Crippen LogP contribution in [0.4, 0.5) is 0 Å². The Bertz CT molecular complexity index is 474. The fourth-order valence-corrected chi connectivity index (χ4v) is 2.08. The number of aromatic nitrogens is 1. The molecular formula is C14H19N3O3. The highest BCUT2D eigenvalue weighted by Crippen LogP contribution is 2.29. The molecule has 20 heavy (non-hydrogen) atoms. The Morgan fingerprint density at radius 1 is 1.50 bits per heavy atom. The van der Waals surface area contributed by atoms with Crippen molar-refractivity contribution < 1.29 is 14.7 Å². The number of rotatable bonds is 7. The Hall–Kier alpha value is -1.95. The van der Waals surface area contributed by atoms with Crippen molar-refractivity contribution in [3.05, 3.63) is 30.1 Å². The molecule has 0 aromatic carbocycles. The number of nitrogens with two attached hydrogens (primary N) is 1. The maximum atomic E-state index is 12.3. The van der Waals surface area contributed by atoms with Crippen molar-refractivity contribution in [2.24, 2.45) is 5.73 Å². The van der Waals surface area contributed by atoms with Crippen LogP contribution in [0.1, 0.15) is 31.2 Å². The molecule has 0 aliphatic heterocycles. The molecule has 1 aliphatic carbocycles. The minimum atomic E-state index is -0.932. The molecule has 0 spiro atoms. The van der Waals surface area contributed by atoms with Gasteiger partial charge in [-0.15, -0.1) is 0 Å². The number of amides is 1. The number of carboxylic acids is 1. The first kappa shape index (κ1) is 14.5. The van der Waals surface area contributed by atoms with Gasteiger partial charge in [0, 0.05) is 31.4 Å². The lowest BCUT2D eigenvalue weighted by Crippen LogP contribution is -2.44. The summed E-state index contributed by atoms with van der Waals surface area (Å²) in [7, 11) is 0. The van der Waals surface area contributed by atoms with E-state index in [-0.39, 0.29) is 24.8 Å². The number of pyridine rings is 1. The van der Waals surface area contributed by atoms with E-state index in [1.807, 2.05) is 12.1 Å². The monoisotopic (exact) mass is 277 g/mol. The van der Waals surface area contributed by atoms with E-state index in [0.717, 1.165) is 18.4 Å². The smallest absolute Gasteiger partial charge is 0.303 e. The predicted molar refractivity (Wildman–Crippen MR) is 72.7 cm³/mol. The first-order valence-electron chi connectivity index (χ1n) is 6.74. The van der Waals surface area contributed by atoms with Crippen molar-refractivity contribution in [3.63, 3.8) is 0 Å². The van der Waals surface area contributed by atoms with Gasteiger partial charge in [0.25, 0.3) is 0 Å². The average Bonchev–Trinajstić information content (AvgIpc) is 3.27. The van der Waals surface area contributed by atoms with Crippen molar-refractivity contribution in [1.29, 1.82) is 0 Å². The minimum absolute atomic E-state index is 0.0850. The Balaban J connectivity index is 1.97. The van der Waals surface area contributed by atoms with Gasteiger partial charge in [0.05, 0.1) is 6.04 Å². The van der Waals surface area contributed by atoms with E-state index in [9.17, 15) is 9.59 Å². The lowest BCUT2D eigenvalue weighted by atomic mass is 10.1. The van der Waals surface area contributed by atoms with Crippen LogP contribution in [0.25, 0.3) is 0 Å². The molecule has 1 aromatic heterocycles. The molecule has 3 N–H and O–H groups in total. The third-order valence-corrected chi connectivity index (χ3v) is 3.33. The number of carboxylic acid groups (broad SMARTS) is 1. The summed E-state index contributed by atoms with van der Waals surface area (Å²) in [6, 6.07) is 3.23. The van der Waals surface area contributed by atoms with Gasteiger partial charge < -0.3 is 15.7 Å². The van der Waals surface area contributed by atoms with E-state index < -0.39 is 12.0 Å². The molecule has 0 bridgehead atoms. The summed E-state index contributed by atoms with van der Waals surface area (Å²) in [5.74, 6) is -1.10. The fraction of sp³-hybridized carbons (Fsp3) is 0.500. The fourth-order valence-electron chi connectivity index (χ4n) is 2.08. The molecule has 6 nitrogen and oxygen atoms in total. The van der Waals surface area contributed by atoms with Crippen LogP contribution in [0.5, 0.6) is 0 Å². The SMILES string of the molecule is NC(CCC(=O)O)C(=O)N(Cc1cccnc1)C1CC1. The normalized spacial score (nSPS) is 15.7. The van der Waals surface area contributed by atoms with Gasteiger partial charge in [-0.3, -0.25) is 14.6 Å². The predicted octanol–water partition coefficient (Wildman–Crippen LogP) is 0.765. The Kier molecular flexibility index (Phi) is 4.68. The van der Waals surface area contributed by atoms with Crippen molar-refractivity contribution >= 4 is 11.9 Å². The zero-order chi connectivity index (χ0) is 14.5. The van der Waals surface area contributed by atoms with Crippen LogP contribution in [-0.2, 0) is 16.1 Å². The number of hydrogen-bond donors (Lipinski definition) is 2. The summed E-state index contributed by atoms with van der Waals surface area (Å²) in [4.78, 5) is 28.7. The quantitative estimate of drug-likeness (QED) is 0.767. The molecule has 1 fully saturated rings. The Morgan fingerprint density at radius 2 is 2.25 bits per heavy atom. The van der Waals surface area contributed by atoms with Crippen molar-refractivity contribution in [2.45, 2.75) is 44.3 Å². The van der Waals surface area contributed by atoms with Gasteiger partial charge in [-0.05, 0) is 30.9 Å². The maximum Gasteiger partial charge on any atom is 0.303 e. The molecule has 108 valence electrons. The average molecular weight is 277 g/mol. The summed E-state index contributed by atoms with van der Waals surface area (Å²) >= 11 is 0. The highest BCUT2D eigenvalue weighted by atomic mass is 16.4. The maximum absolute atomic E-state index is 12.3. The second-order valence-corrected chi connectivity index (χ2v) is 5.10. The summed E-state index contributed by atoms with van der Waals surface area (Å²) < 4.78 is 0. The topological polar surface area (TPSA) is 96.5 Å². The summed E-state index contributed by atoms with van der Waals surface area (Å²) in [5.41, 5.74) is 6.77. The van der Waals surface area contributed by atoms with Crippen LogP contribution in [0.2, 0.25) is 0 Å². The molecule has 0 radical (unpaired) electrons. The van der Waals surface area contributed by atoms with Gasteiger partial charge >= 0.3 is 5.97 Å². The van der Waals surface area contributed by atoms with Gasteiger partial charge in [0.2, 0.25) is 5.91 Å². The van der Waals surface area contributed by atoms with Crippen LogP contribution in [0.15, 0.2) is 24.5 Å². The number of nitrogens with zero attached hydrogens (tertiary/aromatic N) is 2. The van der Waals surface area contributed by atoms with E-state index in [0.29, 0.717) is 6.54 Å². The molecule has 1 amide bonds. The summed E-state index contributed by atoms with van der Waals surface area (Å²) in [5, 5.41) is 8.65. The molecule has 1 aliphatic rings. The largest absolute Gasteiger partial charge is 0.481 e. The summed E-state index contributed by atoms with van der Waals surface area (Å²) in [6.45, 7) is 0.484. The van der Waals surface area contributed by atoms with Crippen LogP contribution in [0.3, 0.4) is 0 Å². The highest BCUT2D eigenvalue weighted by Gasteiger charge is 2.34. The lowest BCUT2D eigenvalue weighted by Gasteiger charge is -2.25. The van der Waals surface area contributed by atoms with Gasteiger partial charge in [-0.1, -0.05) is 6.07 Å². The number of carbonyl (C=O) groups excluding carboxylic acids is 1. The number of aliphatic carboxylic acids is 1. The number of carbonyl (C=O) groups is 2. The molecule has 1 heterocycles. The highest BCUT2D eigenvalue weighted by molar-refractivity contribution is 5.82. The first-order valence-corrected chi connectivity index (χ1v) is 6.74. The third-order valence-electron chi connectivity index (χ3n) is 3.33. The molecule has 1 atom stereocenters. The molecule has 2 rings (SSSR count). The molecule has 6 heteroatoms. The Morgan fingerprint density at radius 3 is 2.80 bits per heavy atom. The zero-order valence-electron chi connectivity index (χ0n) is 11.2. The van der Waals surface area contributed by atoms with Gasteiger partial charge in [0.15, 0.2) is 0 Å². The van der Waals surface area contributed by atoms with Crippen molar-refractivity contribution in [2.75, 3.05) is 0 Å². The van der Waals surface area contributed by atoms with Crippen LogP contribution >= 0.6 is 0 Å². The van der Waals surface area contributed by atoms with Crippen molar-refractivity contribution in [3.8, 4) is 0 Å². The van der Waals surface area contributed by atoms with E-state index in [4.69, 9.17) is 10.8 Å². The Labute approximate surface area is 117 Å². The molecule has 1 unspecified atom stereocenters. The van der Waals surface area contributed by atoms with Gasteiger partial charge in [-0.2, -0.15) is 0 Å². The second-order valence-electron chi connectivity index (χ2n) is 5.10. The van der Waals surface area contributed by atoms with Crippen LogP contribution < -0.4 is 5.73 Å². The molecular weight excluding hydrogens is 258 g/mol. The summed E-state index contributed by atoms with van der Waals surface area (Å²) in [6.07, 6.45) is 5.47. The zero-order valence-corrected chi connectivity index (χ0v) is 11.2. The molecule has 1 saturated carbocycles. The molecule has 0 saturated heterocycles. The van der Waals surface area contributed by atoms with E-state index in [1.54, 1.807) is 17.3 Å². The lowest BCUT2D eigenvalue weighted by molar-refractivity contribution is -0.138. The standard InChI is InChI=1S/C14H19N3O3/c15-12(5-6-13(18)19)14(20)17(11-3-4-11)9-10-2-1-7-16-8-10/h1-2,7-8,11-12H,3-6,9,15H2,(H,18,19).